The van der Waals surface area contributed by atoms with Crippen molar-refractivity contribution in [3.8, 4) is 0 Å². The van der Waals surface area contributed by atoms with Crippen LogP contribution in [0.25, 0.3) is 0 Å². The third-order valence-electron chi connectivity index (χ3n) is 2.54. The Kier molecular flexibility index (Phi) is 1.72. The molecule has 0 aliphatic heterocycles. The van der Waals surface area contributed by atoms with Crippen LogP contribution in [-0.2, 0) is 4.79 Å². The summed E-state index contributed by atoms with van der Waals surface area (Å²) < 4.78 is 0. The lowest BCUT2D eigenvalue weighted by Gasteiger charge is -1.96. The van der Waals surface area contributed by atoms with Crippen LogP contribution in [0.3, 0.4) is 0 Å². The van der Waals surface area contributed by atoms with Crippen LogP contribution >= 0.6 is 0 Å². The predicted molar refractivity (Wildman–Crippen MR) is 48.0 cm³/mol. The van der Waals surface area contributed by atoms with Gasteiger partial charge in [0.2, 0.25) is 0 Å². The number of hydrogen-bond donors (Lipinski definition) is 0. The second-order valence-electron chi connectivity index (χ2n) is 3.47. The van der Waals surface area contributed by atoms with Crippen molar-refractivity contribution in [2.75, 3.05) is 0 Å². The van der Waals surface area contributed by atoms with Gasteiger partial charge in [-0.2, -0.15) is 0 Å². The highest BCUT2D eigenvalue weighted by molar-refractivity contribution is 5.82. The summed E-state index contributed by atoms with van der Waals surface area (Å²) in [5.74, 6) is 1.17. The Labute approximate surface area is 72.4 Å². The van der Waals surface area contributed by atoms with E-state index < -0.39 is 0 Å². The molecule has 2 rings (SSSR count). The van der Waals surface area contributed by atoms with Crippen LogP contribution in [0.5, 0.6) is 0 Å². The molecule has 1 aromatic carbocycles. The molecule has 1 heteroatoms. The van der Waals surface area contributed by atoms with E-state index >= 15 is 0 Å². The van der Waals surface area contributed by atoms with Gasteiger partial charge in [-0.1, -0.05) is 30.3 Å². The van der Waals surface area contributed by atoms with Gasteiger partial charge >= 0.3 is 0 Å². The third-order valence-corrected chi connectivity index (χ3v) is 2.54. The Morgan fingerprint density at radius 1 is 1.33 bits per heavy atom. The van der Waals surface area contributed by atoms with Gasteiger partial charge in [0.15, 0.2) is 0 Å². The Balaban J connectivity index is 2.11. The van der Waals surface area contributed by atoms with E-state index in [0.29, 0.717) is 17.6 Å². The average Bonchev–Trinajstić information content (AvgIpc) is 2.84. The molecule has 2 unspecified atom stereocenters. The van der Waals surface area contributed by atoms with Gasteiger partial charge in [0.1, 0.15) is 5.78 Å². The van der Waals surface area contributed by atoms with Crippen LogP contribution in [-0.4, -0.2) is 5.78 Å². The zero-order chi connectivity index (χ0) is 8.55. The van der Waals surface area contributed by atoms with E-state index in [1.54, 1.807) is 6.92 Å². The first kappa shape index (κ1) is 7.53. The van der Waals surface area contributed by atoms with E-state index in [2.05, 4.69) is 12.1 Å². The van der Waals surface area contributed by atoms with Gasteiger partial charge in [-0.15, -0.1) is 0 Å². The maximum Gasteiger partial charge on any atom is 0.133 e. The van der Waals surface area contributed by atoms with E-state index in [9.17, 15) is 4.79 Å². The van der Waals surface area contributed by atoms with E-state index in [0.717, 1.165) is 6.42 Å². The summed E-state index contributed by atoms with van der Waals surface area (Å²) in [4.78, 5) is 11.0. The van der Waals surface area contributed by atoms with Crippen molar-refractivity contribution in [2.24, 2.45) is 5.92 Å². The molecule has 1 aromatic rings. The van der Waals surface area contributed by atoms with E-state index in [1.807, 2.05) is 18.2 Å². The molecular weight excluding hydrogens is 148 g/mol. The van der Waals surface area contributed by atoms with Crippen LogP contribution in [0.15, 0.2) is 30.3 Å². The molecule has 0 amide bonds. The molecular formula is C11H12O. The fraction of sp³-hybridized carbons (Fsp3) is 0.364. The molecule has 1 fully saturated rings. The van der Waals surface area contributed by atoms with Crippen LogP contribution in [0.2, 0.25) is 0 Å². The quantitative estimate of drug-likeness (QED) is 0.649. The molecule has 0 spiro atoms. The molecule has 1 aliphatic rings. The van der Waals surface area contributed by atoms with Crippen molar-refractivity contribution in [1.82, 2.24) is 0 Å². The molecule has 0 aromatic heterocycles. The van der Waals surface area contributed by atoms with Crippen molar-refractivity contribution < 1.29 is 4.79 Å². The minimum absolute atomic E-state index is 0.312. The van der Waals surface area contributed by atoms with Crippen LogP contribution in [0.1, 0.15) is 24.8 Å². The van der Waals surface area contributed by atoms with Crippen LogP contribution in [0.4, 0.5) is 0 Å². The van der Waals surface area contributed by atoms with Crippen molar-refractivity contribution in [1.29, 1.82) is 0 Å². The molecule has 0 heterocycles. The van der Waals surface area contributed by atoms with Gasteiger partial charge in [-0.05, 0) is 24.8 Å². The number of carbonyl (C=O) groups excluding carboxylic acids is 1. The fourth-order valence-corrected chi connectivity index (χ4v) is 1.71. The topological polar surface area (TPSA) is 17.1 Å². The van der Waals surface area contributed by atoms with Crippen molar-refractivity contribution in [3.63, 3.8) is 0 Å². The van der Waals surface area contributed by atoms with Crippen molar-refractivity contribution in [2.45, 2.75) is 19.3 Å². The molecule has 0 radical (unpaired) electrons. The highest BCUT2D eigenvalue weighted by Gasteiger charge is 2.41. The minimum atomic E-state index is 0.312. The normalized spacial score (nSPS) is 26.8. The lowest BCUT2D eigenvalue weighted by atomic mass is 10.1. The molecule has 1 aliphatic carbocycles. The summed E-state index contributed by atoms with van der Waals surface area (Å²) in [6, 6.07) is 10.3. The lowest BCUT2D eigenvalue weighted by molar-refractivity contribution is -0.118. The summed E-state index contributed by atoms with van der Waals surface area (Å²) in [5.41, 5.74) is 1.32. The minimum Gasteiger partial charge on any atom is -0.300 e. The lowest BCUT2D eigenvalue weighted by Crippen LogP contribution is -1.94. The van der Waals surface area contributed by atoms with E-state index in [1.165, 1.54) is 5.56 Å². The molecule has 12 heavy (non-hydrogen) atoms. The van der Waals surface area contributed by atoms with Crippen molar-refractivity contribution >= 4 is 5.78 Å². The Morgan fingerprint density at radius 3 is 2.50 bits per heavy atom. The SMILES string of the molecule is CC(=O)C1CC1c1ccccc1. The fourth-order valence-electron chi connectivity index (χ4n) is 1.71. The molecule has 0 saturated heterocycles. The standard InChI is InChI=1S/C11H12O/c1-8(12)10-7-11(10)9-5-3-2-4-6-9/h2-6,10-11H,7H2,1H3. The third kappa shape index (κ3) is 1.27. The molecule has 1 saturated carbocycles. The van der Waals surface area contributed by atoms with Gasteiger partial charge in [0.25, 0.3) is 0 Å². The first-order chi connectivity index (χ1) is 5.79. The Morgan fingerprint density at radius 2 is 2.00 bits per heavy atom. The maximum atomic E-state index is 11.0. The zero-order valence-electron chi connectivity index (χ0n) is 7.16. The monoisotopic (exact) mass is 160 g/mol. The number of Topliss-reactive ketones (excluding diaryl/α,β-unsaturated/α-hetero) is 1. The molecule has 0 N–H and O–H groups in total. The van der Waals surface area contributed by atoms with Crippen LogP contribution in [0, 0.1) is 5.92 Å². The summed E-state index contributed by atoms with van der Waals surface area (Å²) in [6.07, 6.45) is 1.05. The molecule has 62 valence electrons. The molecule has 2 atom stereocenters. The van der Waals surface area contributed by atoms with E-state index in [4.69, 9.17) is 0 Å². The predicted octanol–water partition coefficient (Wildman–Crippen LogP) is 2.38. The number of rotatable bonds is 2. The Hall–Kier alpha value is -1.11. The van der Waals surface area contributed by atoms with E-state index in [-0.39, 0.29) is 0 Å². The molecule has 0 bridgehead atoms. The largest absolute Gasteiger partial charge is 0.300 e. The van der Waals surface area contributed by atoms with Gasteiger partial charge in [-0.25, -0.2) is 0 Å². The van der Waals surface area contributed by atoms with Gasteiger partial charge < -0.3 is 0 Å². The summed E-state index contributed by atoms with van der Waals surface area (Å²) in [7, 11) is 0. The smallest absolute Gasteiger partial charge is 0.133 e. The first-order valence-corrected chi connectivity index (χ1v) is 4.34. The number of carbonyl (C=O) groups is 1. The van der Waals surface area contributed by atoms with Crippen LogP contribution < -0.4 is 0 Å². The Bertz CT molecular complexity index is 289. The second kappa shape index (κ2) is 2.74. The second-order valence-corrected chi connectivity index (χ2v) is 3.47. The summed E-state index contributed by atoms with van der Waals surface area (Å²) >= 11 is 0. The summed E-state index contributed by atoms with van der Waals surface area (Å²) in [5, 5.41) is 0. The summed E-state index contributed by atoms with van der Waals surface area (Å²) in [6.45, 7) is 1.69. The maximum absolute atomic E-state index is 11.0. The average molecular weight is 160 g/mol. The van der Waals surface area contributed by atoms with Crippen molar-refractivity contribution in [3.05, 3.63) is 35.9 Å². The number of ketones is 1. The highest BCUT2D eigenvalue weighted by Crippen LogP contribution is 2.47. The molecule has 1 nitrogen and oxygen atoms in total. The van der Waals surface area contributed by atoms with Gasteiger partial charge in [-0.3, -0.25) is 4.79 Å². The highest BCUT2D eigenvalue weighted by atomic mass is 16.1. The van der Waals surface area contributed by atoms with Gasteiger partial charge in [0.05, 0.1) is 0 Å². The number of hydrogen-bond acceptors (Lipinski definition) is 1. The number of benzene rings is 1. The van der Waals surface area contributed by atoms with Gasteiger partial charge in [0, 0.05) is 5.92 Å². The zero-order valence-corrected chi connectivity index (χ0v) is 7.16. The first-order valence-electron chi connectivity index (χ1n) is 4.34.